The second-order valence-electron chi connectivity index (χ2n) is 7.27. The molecule has 0 fully saturated rings. The quantitative estimate of drug-likeness (QED) is 0.241. The molecule has 4 aromatic rings. The normalized spacial score (nSPS) is 16.8. The van der Waals surface area contributed by atoms with E-state index in [1.54, 1.807) is 102 Å². The van der Waals surface area contributed by atoms with Crippen molar-refractivity contribution in [1.29, 1.82) is 0 Å². The molecule has 1 aliphatic rings. The van der Waals surface area contributed by atoms with Crippen molar-refractivity contribution in [2.75, 3.05) is 4.90 Å². The van der Waals surface area contributed by atoms with Crippen LogP contribution in [0.15, 0.2) is 102 Å². The van der Waals surface area contributed by atoms with E-state index in [0.717, 1.165) is 4.90 Å². The minimum Gasteiger partial charge on any atom is -0.425 e. The lowest BCUT2D eigenvalue weighted by Gasteiger charge is -2.25. The van der Waals surface area contributed by atoms with E-state index in [1.807, 2.05) is 0 Å². The van der Waals surface area contributed by atoms with Crippen molar-refractivity contribution in [1.82, 2.24) is 0 Å². The molecule has 1 atom stereocenters. The van der Waals surface area contributed by atoms with Gasteiger partial charge in [-0.3, -0.25) is 4.79 Å². The van der Waals surface area contributed by atoms with E-state index in [1.165, 1.54) is 11.3 Å². The number of para-hydroxylation sites is 3. The molecule has 3 aromatic carbocycles. The number of rotatable bonds is 4. The summed E-state index contributed by atoms with van der Waals surface area (Å²) in [7, 11) is 0. The standard InChI is InChI=1S/C26H17NO5S/c28-23-26(22-16-9-17-33-22,24(29)31-18-10-3-1-4-11-18)20-14-7-8-15-21(20)27(23)25(30)32-19-12-5-2-6-13-19/h1-17H. The number of benzene rings is 3. The first-order valence-corrected chi connectivity index (χ1v) is 11.0. The number of amides is 2. The van der Waals surface area contributed by atoms with Crippen LogP contribution in [0.25, 0.3) is 0 Å². The van der Waals surface area contributed by atoms with Gasteiger partial charge in [0, 0.05) is 10.4 Å². The van der Waals surface area contributed by atoms with Gasteiger partial charge in [-0.2, -0.15) is 0 Å². The van der Waals surface area contributed by atoms with Gasteiger partial charge in [-0.05, 0) is 41.8 Å². The number of nitrogens with zero attached hydrogens (tertiary/aromatic N) is 1. The minimum atomic E-state index is -1.84. The van der Waals surface area contributed by atoms with E-state index in [0.29, 0.717) is 16.2 Å². The smallest absolute Gasteiger partial charge is 0.425 e. The number of carbonyl (C=O) groups excluding carboxylic acids is 3. The Hall–Kier alpha value is -4.23. The third kappa shape index (κ3) is 3.39. The Balaban J connectivity index is 1.63. The molecule has 5 rings (SSSR count). The molecule has 0 radical (unpaired) electrons. The number of hydrogen-bond donors (Lipinski definition) is 0. The van der Waals surface area contributed by atoms with Crippen molar-refractivity contribution in [3.63, 3.8) is 0 Å². The number of hydrogen-bond acceptors (Lipinski definition) is 6. The van der Waals surface area contributed by atoms with Crippen molar-refractivity contribution in [2.45, 2.75) is 5.41 Å². The topological polar surface area (TPSA) is 72.9 Å². The van der Waals surface area contributed by atoms with E-state index in [4.69, 9.17) is 9.47 Å². The van der Waals surface area contributed by atoms with Crippen LogP contribution in [0.1, 0.15) is 10.4 Å². The molecule has 33 heavy (non-hydrogen) atoms. The van der Waals surface area contributed by atoms with Gasteiger partial charge in [0.15, 0.2) is 0 Å². The van der Waals surface area contributed by atoms with Crippen molar-refractivity contribution in [3.8, 4) is 11.5 Å². The number of ether oxygens (including phenoxy) is 2. The summed E-state index contributed by atoms with van der Waals surface area (Å²) in [5.74, 6) is -0.945. The predicted molar refractivity (Wildman–Crippen MR) is 124 cm³/mol. The Labute approximate surface area is 193 Å². The fraction of sp³-hybridized carbons (Fsp3) is 0.0385. The van der Waals surface area contributed by atoms with Crippen LogP contribution >= 0.6 is 11.3 Å². The molecule has 2 heterocycles. The first-order chi connectivity index (χ1) is 16.1. The van der Waals surface area contributed by atoms with Crippen molar-refractivity contribution in [3.05, 3.63) is 113 Å². The Bertz CT molecular complexity index is 1320. The van der Waals surface area contributed by atoms with Gasteiger partial charge in [0.05, 0.1) is 5.69 Å². The van der Waals surface area contributed by atoms with Crippen LogP contribution in [-0.2, 0) is 15.0 Å². The second kappa shape index (κ2) is 8.37. The fourth-order valence-electron chi connectivity index (χ4n) is 3.89. The SMILES string of the molecule is O=C(Oc1ccccc1)N1C(=O)C(C(=O)Oc2ccccc2)(c2cccs2)c2ccccc21. The summed E-state index contributed by atoms with van der Waals surface area (Å²) in [5, 5.41) is 1.77. The summed E-state index contributed by atoms with van der Waals surface area (Å²) in [6, 6.07) is 27.1. The summed E-state index contributed by atoms with van der Waals surface area (Å²) in [6.07, 6.45) is -0.899. The Morgan fingerprint density at radius 2 is 1.33 bits per heavy atom. The highest BCUT2D eigenvalue weighted by atomic mass is 32.1. The zero-order valence-electron chi connectivity index (χ0n) is 17.2. The largest absolute Gasteiger partial charge is 0.426 e. The van der Waals surface area contributed by atoms with Gasteiger partial charge in [0.1, 0.15) is 11.5 Å². The Morgan fingerprint density at radius 3 is 1.97 bits per heavy atom. The molecule has 0 bridgehead atoms. The molecule has 0 saturated heterocycles. The molecule has 7 heteroatoms. The van der Waals surface area contributed by atoms with Gasteiger partial charge in [-0.25, -0.2) is 14.5 Å². The second-order valence-corrected chi connectivity index (χ2v) is 8.22. The van der Waals surface area contributed by atoms with Crippen LogP contribution in [0.2, 0.25) is 0 Å². The number of esters is 1. The van der Waals surface area contributed by atoms with Crippen molar-refractivity contribution in [2.24, 2.45) is 0 Å². The monoisotopic (exact) mass is 455 g/mol. The van der Waals surface area contributed by atoms with E-state index in [2.05, 4.69) is 0 Å². The number of anilines is 1. The maximum atomic E-state index is 14.0. The summed E-state index contributed by atoms with van der Waals surface area (Å²) < 4.78 is 11.1. The first kappa shape index (κ1) is 20.7. The van der Waals surface area contributed by atoms with Crippen LogP contribution in [-0.4, -0.2) is 18.0 Å². The summed E-state index contributed by atoms with van der Waals surface area (Å²) >= 11 is 1.24. The molecule has 162 valence electrons. The number of carbonyl (C=O) groups is 3. The Kier molecular flexibility index (Phi) is 5.24. The molecule has 1 aromatic heterocycles. The molecule has 1 aliphatic heterocycles. The van der Waals surface area contributed by atoms with Crippen LogP contribution in [0.3, 0.4) is 0 Å². The maximum absolute atomic E-state index is 14.0. The van der Waals surface area contributed by atoms with Gasteiger partial charge in [-0.15, -0.1) is 11.3 Å². The van der Waals surface area contributed by atoms with Gasteiger partial charge in [0.25, 0.3) is 5.91 Å². The minimum absolute atomic E-state index is 0.279. The van der Waals surface area contributed by atoms with Crippen molar-refractivity contribution < 1.29 is 23.9 Å². The zero-order chi connectivity index (χ0) is 22.8. The lowest BCUT2D eigenvalue weighted by molar-refractivity contribution is -0.143. The van der Waals surface area contributed by atoms with E-state index < -0.39 is 23.4 Å². The molecule has 0 spiro atoms. The molecule has 0 aliphatic carbocycles. The number of imide groups is 1. The van der Waals surface area contributed by atoms with Crippen LogP contribution < -0.4 is 14.4 Å². The average Bonchev–Trinajstić information content (AvgIpc) is 3.45. The molecule has 0 N–H and O–H groups in total. The average molecular weight is 455 g/mol. The van der Waals surface area contributed by atoms with Crippen molar-refractivity contribution >= 4 is 35.0 Å². The van der Waals surface area contributed by atoms with Crippen LogP contribution in [0.4, 0.5) is 10.5 Å². The van der Waals surface area contributed by atoms with E-state index >= 15 is 0 Å². The van der Waals surface area contributed by atoms with E-state index in [-0.39, 0.29) is 11.4 Å². The lowest BCUT2D eigenvalue weighted by Crippen LogP contribution is -2.50. The number of fused-ring (bicyclic) bond motifs is 1. The zero-order valence-corrected chi connectivity index (χ0v) is 18.0. The Morgan fingerprint density at radius 1 is 0.727 bits per heavy atom. The molecule has 0 saturated carbocycles. The molecular formula is C26H17NO5S. The molecule has 2 amide bonds. The van der Waals surface area contributed by atoms with Gasteiger partial charge >= 0.3 is 12.1 Å². The third-order valence-corrected chi connectivity index (χ3v) is 6.34. The molecule has 6 nitrogen and oxygen atoms in total. The van der Waals surface area contributed by atoms with Crippen LogP contribution in [0, 0.1) is 0 Å². The molecule has 1 unspecified atom stereocenters. The fourth-order valence-corrected chi connectivity index (χ4v) is 4.81. The van der Waals surface area contributed by atoms with Gasteiger partial charge in [0.2, 0.25) is 5.41 Å². The summed E-state index contributed by atoms with van der Waals surface area (Å²) in [6.45, 7) is 0. The predicted octanol–water partition coefficient (Wildman–Crippen LogP) is 5.19. The highest BCUT2D eigenvalue weighted by Gasteiger charge is 2.61. The lowest BCUT2D eigenvalue weighted by atomic mass is 9.80. The first-order valence-electron chi connectivity index (χ1n) is 10.1. The third-order valence-electron chi connectivity index (χ3n) is 5.35. The maximum Gasteiger partial charge on any atom is 0.426 e. The van der Waals surface area contributed by atoms with Crippen LogP contribution in [0.5, 0.6) is 11.5 Å². The molecular weight excluding hydrogens is 438 g/mol. The highest BCUT2D eigenvalue weighted by molar-refractivity contribution is 7.10. The summed E-state index contributed by atoms with van der Waals surface area (Å²) in [5.41, 5.74) is -1.19. The summed E-state index contributed by atoms with van der Waals surface area (Å²) in [4.78, 5) is 42.2. The highest BCUT2D eigenvalue weighted by Crippen LogP contribution is 2.48. The van der Waals surface area contributed by atoms with Gasteiger partial charge in [-0.1, -0.05) is 60.7 Å². The van der Waals surface area contributed by atoms with E-state index in [9.17, 15) is 14.4 Å². The number of thiophene rings is 1. The van der Waals surface area contributed by atoms with Gasteiger partial charge < -0.3 is 9.47 Å².